The van der Waals surface area contributed by atoms with Crippen molar-refractivity contribution in [3.8, 4) is 0 Å². The van der Waals surface area contributed by atoms with Crippen molar-refractivity contribution in [2.24, 2.45) is 5.73 Å². The molecule has 0 aliphatic rings. The van der Waals surface area contributed by atoms with Crippen LogP contribution in [0, 0.1) is 10.1 Å². The molecular weight excluding hydrogens is 326 g/mol. The van der Waals surface area contributed by atoms with E-state index in [2.05, 4.69) is 26.2 Å². The highest BCUT2D eigenvalue weighted by Gasteiger charge is 2.19. The third-order valence-electron chi connectivity index (χ3n) is 2.79. The molecule has 1 heterocycles. The lowest BCUT2D eigenvalue weighted by Crippen LogP contribution is -2.29. The summed E-state index contributed by atoms with van der Waals surface area (Å²) in [5.74, 6) is 0. The Bertz CT molecular complexity index is 648. The SMILES string of the molecule is CC(C)(N)c1cn(Cc2cccc([N+](=O)[O-])c2Br)nn1. The second-order valence-electron chi connectivity index (χ2n) is 5.03. The van der Waals surface area contributed by atoms with Gasteiger partial charge in [0.25, 0.3) is 5.69 Å². The largest absolute Gasteiger partial charge is 0.320 e. The summed E-state index contributed by atoms with van der Waals surface area (Å²) in [6.07, 6.45) is 1.74. The van der Waals surface area contributed by atoms with E-state index in [0.29, 0.717) is 16.7 Å². The van der Waals surface area contributed by atoms with Gasteiger partial charge in [-0.15, -0.1) is 5.10 Å². The van der Waals surface area contributed by atoms with Crippen molar-refractivity contribution < 1.29 is 4.92 Å². The van der Waals surface area contributed by atoms with E-state index in [9.17, 15) is 10.1 Å². The van der Waals surface area contributed by atoms with E-state index in [1.807, 2.05) is 13.8 Å². The van der Waals surface area contributed by atoms with Crippen LogP contribution < -0.4 is 5.73 Å². The van der Waals surface area contributed by atoms with Gasteiger partial charge >= 0.3 is 0 Å². The standard InChI is InChI=1S/C12H14BrN5O2/c1-12(2,14)10-7-17(16-15-10)6-8-4-3-5-9(11(8)13)18(19)20/h3-5,7H,6,14H2,1-2H3. The molecule has 0 amide bonds. The van der Waals surface area contributed by atoms with Crippen LogP contribution in [0.4, 0.5) is 5.69 Å². The summed E-state index contributed by atoms with van der Waals surface area (Å²) in [6, 6.07) is 4.89. The van der Waals surface area contributed by atoms with Crippen molar-refractivity contribution in [2.75, 3.05) is 0 Å². The van der Waals surface area contributed by atoms with Crippen LogP contribution in [0.15, 0.2) is 28.9 Å². The fourth-order valence-corrected chi connectivity index (χ4v) is 2.21. The highest BCUT2D eigenvalue weighted by Crippen LogP contribution is 2.28. The molecule has 0 unspecified atom stereocenters. The average Bonchev–Trinajstić information content (AvgIpc) is 2.80. The number of halogens is 1. The van der Waals surface area contributed by atoms with E-state index in [-0.39, 0.29) is 5.69 Å². The van der Waals surface area contributed by atoms with Crippen molar-refractivity contribution in [3.05, 3.63) is 50.2 Å². The fraction of sp³-hybridized carbons (Fsp3) is 0.333. The van der Waals surface area contributed by atoms with Crippen LogP contribution in [0.1, 0.15) is 25.1 Å². The van der Waals surface area contributed by atoms with Gasteiger partial charge in [0, 0.05) is 6.07 Å². The number of nitrogens with zero attached hydrogens (tertiary/aromatic N) is 4. The monoisotopic (exact) mass is 339 g/mol. The average molecular weight is 340 g/mol. The van der Waals surface area contributed by atoms with Gasteiger partial charge in [-0.25, -0.2) is 4.68 Å². The third kappa shape index (κ3) is 3.02. The summed E-state index contributed by atoms with van der Waals surface area (Å²) >= 11 is 3.26. The Hall–Kier alpha value is -1.80. The van der Waals surface area contributed by atoms with E-state index in [4.69, 9.17) is 5.73 Å². The van der Waals surface area contributed by atoms with Crippen molar-refractivity contribution in [2.45, 2.75) is 25.9 Å². The first kappa shape index (κ1) is 14.6. The van der Waals surface area contributed by atoms with E-state index in [1.165, 1.54) is 6.07 Å². The minimum Gasteiger partial charge on any atom is -0.320 e. The number of rotatable bonds is 4. The highest BCUT2D eigenvalue weighted by molar-refractivity contribution is 9.10. The summed E-state index contributed by atoms with van der Waals surface area (Å²) in [7, 11) is 0. The Kier molecular flexibility index (Phi) is 3.87. The van der Waals surface area contributed by atoms with Gasteiger partial charge in [-0.05, 0) is 35.3 Å². The fourth-order valence-electron chi connectivity index (χ4n) is 1.67. The van der Waals surface area contributed by atoms with Crippen LogP contribution in [-0.2, 0) is 12.1 Å². The minimum absolute atomic E-state index is 0.0296. The van der Waals surface area contributed by atoms with Crippen molar-refractivity contribution in [1.29, 1.82) is 0 Å². The first-order valence-electron chi connectivity index (χ1n) is 5.90. The molecule has 0 saturated heterocycles. The number of benzene rings is 1. The molecule has 0 fully saturated rings. The van der Waals surface area contributed by atoms with Gasteiger partial charge in [0.05, 0.1) is 23.2 Å². The zero-order valence-electron chi connectivity index (χ0n) is 11.1. The molecule has 1 aromatic carbocycles. The smallest absolute Gasteiger partial charge is 0.283 e. The van der Waals surface area contributed by atoms with Crippen LogP contribution in [0.2, 0.25) is 0 Å². The molecule has 7 nitrogen and oxygen atoms in total. The predicted octanol–water partition coefficient (Wildman–Crippen LogP) is 2.19. The molecule has 2 aromatic rings. The lowest BCUT2D eigenvalue weighted by atomic mass is 10.0. The quantitative estimate of drug-likeness (QED) is 0.679. The van der Waals surface area contributed by atoms with Gasteiger partial charge in [-0.3, -0.25) is 10.1 Å². The van der Waals surface area contributed by atoms with Gasteiger partial charge in [-0.1, -0.05) is 17.3 Å². The molecule has 0 radical (unpaired) electrons. The first-order valence-corrected chi connectivity index (χ1v) is 6.69. The minimum atomic E-state index is -0.571. The second-order valence-corrected chi connectivity index (χ2v) is 5.82. The molecule has 0 bridgehead atoms. The molecule has 106 valence electrons. The Morgan fingerprint density at radius 1 is 1.50 bits per heavy atom. The zero-order valence-corrected chi connectivity index (χ0v) is 12.7. The zero-order chi connectivity index (χ0) is 14.9. The van der Waals surface area contributed by atoms with Crippen LogP contribution in [-0.4, -0.2) is 19.9 Å². The van der Waals surface area contributed by atoms with Crippen LogP contribution in [0.25, 0.3) is 0 Å². The Balaban J connectivity index is 2.29. The molecule has 2 N–H and O–H groups in total. The van der Waals surface area contributed by atoms with E-state index in [0.717, 1.165) is 5.56 Å². The molecule has 0 aliphatic carbocycles. The molecule has 8 heteroatoms. The summed E-state index contributed by atoms with van der Waals surface area (Å²) in [6.45, 7) is 4.06. The third-order valence-corrected chi connectivity index (χ3v) is 3.70. The van der Waals surface area contributed by atoms with Gasteiger partial charge in [0.2, 0.25) is 0 Å². The summed E-state index contributed by atoms with van der Waals surface area (Å²) in [4.78, 5) is 10.5. The molecule has 0 aliphatic heterocycles. The van der Waals surface area contributed by atoms with E-state index >= 15 is 0 Å². The summed E-state index contributed by atoms with van der Waals surface area (Å²) in [5, 5.41) is 18.9. The molecule has 0 atom stereocenters. The van der Waals surface area contributed by atoms with Crippen molar-refractivity contribution >= 4 is 21.6 Å². The maximum Gasteiger partial charge on any atom is 0.283 e. The number of hydrogen-bond donors (Lipinski definition) is 1. The second kappa shape index (κ2) is 5.29. The highest BCUT2D eigenvalue weighted by atomic mass is 79.9. The van der Waals surface area contributed by atoms with Gasteiger partial charge < -0.3 is 5.73 Å². The lowest BCUT2D eigenvalue weighted by Gasteiger charge is -2.13. The normalized spacial score (nSPS) is 11.6. The lowest BCUT2D eigenvalue weighted by molar-refractivity contribution is -0.385. The molecule has 20 heavy (non-hydrogen) atoms. The van der Waals surface area contributed by atoms with Gasteiger partial charge in [0.15, 0.2) is 0 Å². The number of hydrogen-bond acceptors (Lipinski definition) is 5. The molecule has 0 spiro atoms. The summed E-state index contributed by atoms with van der Waals surface area (Å²) in [5.41, 5.74) is 6.82. The van der Waals surface area contributed by atoms with E-state index < -0.39 is 10.5 Å². The summed E-state index contributed by atoms with van der Waals surface area (Å²) < 4.78 is 2.06. The molecule has 2 rings (SSSR count). The maximum absolute atomic E-state index is 10.9. The van der Waals surface area contributed by atoms with Crippen LogP contribution in [0.3, 0.4) is 0 Å². The molecule has 0 saturated carbocycles. The Morgan fingerprint density at radius 3 is 2.75 bits per heavy atom. The Labute approximate surface area is 124 Å². The number of nitrogens with two attached hydrogens (primary N) is 1. The van der Waals surface area contributed by atoms with Crippen molar-refractivity contribution in [3.63, 3.8) is 0 Å². The van der Waals surface area contributed by atoms with Crippen molar-refractivity contribution in [1.82, 2.24) is 15.0 Å². The predicted molar refractivity (Wildman–Crippen MR) is 77.1 cm³/mol. The Morgan fingerprint density at radius 2 is 2.20 bits per heavy atom. The number of nitro groups is 1. The molecular formula is C12H14BrN5O2. The van der Waals surface area contributed by atoms with Crippen LogP contribution >= 0.6 is 15.9 Å². The maximum atomic E-state index is 10.9. The van der Waals surface area contributed by atoms with Gasteiger partial charge in [0.1, 0.15) is 10.2 Å². The first-order chi connectivity index (χ1) is 9.29. The van der Waals surface area contributed by atoms with Gasteiger partial charge in [-0.2, -0.15) is 0 Å². The number of aromatic nitrogens is 3. The number of nitro benzene ring substituents is 1. The van der Waals surface area contributed by atoms with E-state index in [1.54, 1.807) is 23.0 Å². The molecule has 1 aromatic heterocycles. The van der Waals surface area contributed by atoms with Crippen LogP contribution in [0.5, 0.6) is 0 Å². The topological polar surface area (TPSA) is 99.9 Å².